The van der Waals surface area contributed by atoms with Crippen LogP contribution in [0.3, 0.4) is 0 Å². The normalized spacial score (nSPS) is 10.9. The van der Waals surface area contributed by atoms with Crippen LogP contribution in [-0.4, -0.2) is 6.61 Å². The lowest BCUT2D eigenvalue weighted by Crippen LogP contribution is -2.04. The third kappa shape index (κ3) is 5.07. The maximum atomic E-state index is 6.59. The Morgan fingerprint density at radius 2 is 1.50 bits per heavy atom. The van der Waals surface area contributed by atoms with Crippen molar-refractivity contribution in [1.82, 2.24) is 0 Å². The summed E-state index contributed by atoms with van der Waals surface area (Å²) in [6.07, 6.45) is 0. The predicted molar refractivity (Wildman–Crippen MR) is 135 cm³/mol. The maximum Gasteiger partial charge on any atom is 0.180 e. The Morgan fingerprint density at radius 1 is 0.781 bits per heavy atom. The van der Waals surface area contributed by atoms with E-state index in [1.807, 2.05) is 37.3 Å². The highest BCUT2D eigenvalue weighted by molar-refractivity contribution is 6.36. The number of rotatable bonds is 8. The molecule has 0 radical (unpaired) electrons. The van der Waals surface area contributed by atoms with Crippen LogP contribution in [0.25, 0.3) is 10.8 Å². The van der Waals surface area contributed by atoms with Crippen molar-refractivity contribution in [3.05, 3.63) is 99.0 Å². The Bertz CT molecular complexity index is 1220. The van der Waals surface area contributed by atoms with Gasteiger partial charge in [-0.3, -0.25) is 0 Å². The van der Waals surface area contributed by atoms with Crippen molar-refractivity contribution in [3.8, 4) is 11.5 Å². The van der Waals surface area contributed by atoms with Gasteiger partial charge >= 0.3 is 0 Å². The molecular weight excluding hydrogens is 465 g/mol. The Kier molecular flexibility index (Phi) is 7.31. The summed E-state index contributed by atoms with van der Waals surface area (Å²) in [6.45, 7) is 3.18. The minimum atomic E-state index is 0.186. The van der Waals surface area contributed by atoms with E-state index in [1.165, 1.54) is 10.8 Å². The first-order chi connectivity index (χ1) is 15.6. The van der Waals surface area contributed by atoms with Gasteiger partial charge in [-0.1, -0.05) is 77.3 Å². The number of nitrogens with one attached hydrogen (secondary N) is 1. The molecule has 1 N–H and O–H groups in total. The van der Waals surface area contributed by atoms with E-state index in [9.17, 15) is 0 Å². The molecule has 0 aromatic heterocycles. The van der Waals surface area contributed by atoms with E-state index >= 15 is 0 Å². The third-order valence-corrected chi connectivity index (χ3v) is 6.05. The van der Waals surface area contributed by atoms with E-state index in [4.69, 9.17) is 44.3 Å². The highest BCUT2D eigenvalue weighted by Gasteiger charge is 2.15. The van der Waals surface area contributed by atoms with Crippen LogP contribution < -0.4 is 14.8 Å². The molecule has 4 aromatic carbocycles. The molecule has 0 aliphatic heterocycles. The zero-order valence-corrected chi connectivity index (χ0v) is 19.8. The summed E-state index contributed by atoms with van der Waals surface area (Å²) in [5.74, 6) is 1.05. The van der Waals surface area contributed by atoms with Crippen molar-refractivity contribution in [1.29, 1.82) is 0 Å². The molecule has 0 saturated carbocycles. The summed E-state index contributed by atoms with van der Waals surface area (Å²) in [7, 11) is 0. The van der Waals surface area contributed by atoms with Crippen molar-refractivity contribution < 1.29 is 9.47 Å². The smallest absolute Gasteiger partial charge is 0.180 e. The highest BCUT2D eigenvalue weighted by atomic mass is 35.5. The van der Waals surface area contributed by atoms with E-state index in [1.54, 1.807) is 18.2 Å². The minimum Gasteiger partial charge on any atom is -0.490 e. The second kappa shape index (κ2) is 10.4. The van der Waals surface area contributed by atoms with E-state index in [-0.39, 0.29) is 6.61 Å². The predicted octanol–water partition coefficient (Wildman–Crippen LogP) is 8.39. The van der Waals surface area contributed by atoms with Gasteiger partial charge in [-0.05, 0) is 48.2 Å². The Labute approximate surface area is 202 Å². The van der Waals surface area contributed by atoms with Gasteiger partial charge in [0, 0.05) is 33.2 Å². The van der Waals surface area contributed by atoms with Gasteiger partial charge in [0.05, 0.1) is 11.6 Å². The number of ether oxygens (including phenoxy) is 2. The number of fused-ring (bicyclic) bond motifs is 1. The van der Waals surface area contributed by atoms with Gasteiger partial charge in [0.1, 0.15) is 6.61 Å². The second-order valence-electron chi connectivity index (χ2n) is 7.21. The van der Waals surface area contributed by atoms with Gasteiger partial charge in [-0.25, -0.2) is 0 Å². The molecule has 4 rings (SSSR count). The van der Waals surface area contributed by atoms with Crippen molar-refractivity contribution >= 4 is 51.3 Å². The summed E-state index contributed by atoms with van der Waals surface area (Å²) in [5, 5.41) is 7.41. The fourth-order valence-electron chi connectivity index (χ4n) is 3.52. The fraction of sp³-hybridized carbons (Fsp3) is 0.154. The highest BCUT2D eigenvalue weighted by Crippen LogP contribution is 2.38. The van der Waals surface area contributed by atoms with Gasteiger partial charge < -0.3 is 14.8 Å². The first kappa shape index (κ1) is 22.6. The zero-order valence-electron chi connectivity index (χ0n) is 17.5. The van der Waals surface area contributed by atoms with Crippen LogP contribution in [0.5, 0.6) is 11.5 Å². The van der Waals surface area contributed by atoms with E-state index in [0.29, 0.717) is 45.3 Å². The lowest BCUT2D eigenvalue weighted by molar-refractivity contribution is 0.269. The monoisotopic (exact) mass is 485 g/mol. The second-order valence-corrected chi connectivity index (χ2v) is 8.43. The standard InChI is InChI=1S/C26H22Cl3NO2/c1-2-31-25-14-17(15-30-24-12-5-8-18-7-3-4-9-19(18)24)13-23(29)26(25)32-16-20-21(27)10-6-11-22(20)28/h3-14,30H,2,15-16H2,1H3. The quantitative estimate of drug-likeness (QED) is 0.271. The average molecular weight is 487 g/mol. The molecule has 0 atom stereocenters. The van der Waals surface area contributed by atoms with Crippen molar-refractivity contribution in [3.63, 3.8) is 0 Å². The Morgan fingerprint density at radius 3 is 2.28 bits per heavy atom. The molecule has 0 fully saturated rings. The van der Waals surface area contributed by atoms with Crippen molar-refractivity contribution in [2.24, 2.45) is 0 Å². The van der Waals surface area contributed by atoms with Crippen LogP contribution in [0.1, 0.15) is 18.1 Å². The molecular formula is C26H22Cl3NO2. The van der Waals surface area contributed by atoms with Gasteiger partial charge in [0.15, 0.2) is 11.5 Å². The fourth-order valence-corrected chi connectivity index (χ4v) is 4.31. The minimum absolute atomic E-state index is 0.186. The summed E-state index contributed by atoms with van der Waals surface area (Å²) >= 11 is 19.1. The molecule has 0 unspecified atom stereocenters. The number of hydrogen-bond donors (Lipinski definition) is 1. The van der Waals surface area contributed by atoms with Gasteiger partial charge in [-0.15, -0.1) is 0 Å². The van der Waals surface area contributed by atoms with Crippen LogP contribution in [0.4, 0.5) is 5.69 Å². The van der Waals surface area contributed by atoms with Crippen molar-refractivity contribution in [2.75, 3.05) is 11.9 Å². The van der Waals surface area contributed by atoms with E-state index < -0.39 is 0 Å². The topological polar surface area (TPSA) is 30.5 Å². The Balaban J connectivity index is 1.55. The summed E-state index contributed by atoms with van der Waals surface area (Å²) in [4.78, 5) is 0. The van der Waals surface area contributed by atoms with Crippen LogP contribution in [-0.2, 0) is 13.2 Å². The van der Waals surface area contributed by atoms with Crippen LogP contribution in [0, 0.1) is 0 Å². The van der Waals surface area contributed by atoms with E-state index in [0.717, 1.165) is 11.3 Å². The molecule has 6 heteroatoms. The number of hydrogen-bond acceptors (Lipinski definition) is 3. The summed E-state index contributed by atoms with van der Waals surface area (Å²) in [5.41, 5.74) is 2.75. The van der Waals surface area contributed by atoms with Crippen LogP contribution in [0.15, 0.2) is 72.8 Å². The molecule has 0 amide bonds. The summed E-state index contributed by atoms with van der Waals surface area (Å²) in [6, 6.07) is 23.7. The molecule has 0 saturated heterocycles. The number of benzene rings is 4. The first-order valence-corrected chi connectivity index (χ1v) is 11.4. The van der Waals surface area contributed by atoms with Gasteiger partial charge in [-0.2, -0.15) is 0 Å². The maximum absolute atomic E-state index is 6.59. The molecule has 4 aromatic rings. The number of halogens is 3. The molecule has 0 bridgehead atoms. The lowest BCUT2D eigenvalue weighted by atomic mass is 10.1. The molecule has 32 heavy (non-hydrogen) atoms. The van der Waals surface area contributed by atoms with Crippen LogP contribution in [0.2, 0.25) is 15.1 Å². The zero-order chi connectivity index (χ0) is 22.5. The SMILES string of the molecule is CCOc1cc(CNc2cccc3ccccc23)cc(Cl)c1OCc1c(Cl)cccc1Cl. The summed E-state index contributed by atoms with van der Waals surface area (Å²) < 4.78 is 11.8. The van der Waals surface area contributed by atoms with Gasteiger partial charge in [0.25, 0.3) is 0 Å². The number of anilines is 1. The van der Waals surface area contributed by atoms with Crippen molar-refractivity contribution in [2.45, 2.75) is 20.1 Å². The van der Waals surface area contributed by atoms with E-state index in [2.05, 4.69) is 29.6 Å². The largest absolute Gasteiger partial charge is 0.490 e. The van der Waals surface area contributed by atoms with Gasteiger partial charge in [0.2, 0.25) is 0 Å². The molecule has 0 aliphatic rings. The third-order valence-electron chi connectivity index (χ3n) is 5.06. The average Bonchev–Trinajstić information content (AvgIpc) is 2.79. The first-order valence-electron chi connectivity index (χ1n) is 10.3. The molecule has 3 nitrogen and oxygen atoms in total. The molecule has 164 valence electrons. The van der Waals surface area contributed by atoms with Crippen LogP contribution >= 0.6 is 34.8 Å². The lowest BCUT2D eigenvalue weighted by Gasteiger charge is -2.17. The Hall–Kier alpha value is -2.59. The molecule has 0 spiro atoms. The molecule has 0 heterocycles. The molecule has 0 aliphatic carbocycles.